The fourth-order valence-corrected chi connectivity index (χ4v) is 2.44. The minimum atomic E-state index is -0.886. The van der Waals surface area contributed by atoms with Crippen molar-refractivity contribution >= 4 is 44.8 Å². The highest BCUT2D eigenvalue weighted by Crippen LogP contribution is 2.24. The Bertz CT molecular complexity index is 739. The summed E-state index contributed by atoms with van der Waals surface area (Å²) in [7, 11) is 0. The molecule has 0 spiro atoms. The van der Waals surface area contributed by atoms with E-state index >= 15 is 0 Å². The molecule has 0 aromatic heterocycles. The van der Waals surface area contributed by atoms with Crippen molar-refractivity contribution in [1.82, 2.24) is 0 Å². The van der Waals surface area contributed by atoms with Crippen LogP contribution in [-0.4, -0.2) is 10.8 Å². The van der Waals surface area contributed by atoms with Gasteiger partial charge in [0.1, 0.15) is 0 Å². The molecule has 0 aliphatic heterocycles. The molecule has 0 unspecified atom stereocenters. The molecule has 0 atom stereocenters. The molecule has 0 aliphatic carbocycles. The second kappa shape index (κ2) is 6.19. The van der Waals surface area contributed by atoms with Gasteiger partial charge in [-0.25, -0.2) is 4.39 Å². The zero-order chi connectivity index (χ0) is 15.6. The van der Waals surface area contributed by atoms with Gasteiger partial charge in [0, 0.05) is 15.6 Å². The maximum Gasteiger partial charge on any atom is 0.272 e. The molecule has 8 heteroatoms. The molecule has 0 bridgehead atoms. The summed E-state index contributed by atoms with van der Waals surface area (Å²) in [6, 6.07) is 7.51. The van der Waals surface area contributed by atoms with Crippen LogP contribution in [0.25, 0.3) is 0 Å². The van der Waals surface area contributed by atoms with E-state index in [1.807, 2.05) is 0 Å². The van der Waals surface area contributed by atoms with Crippen LogP contribution in [0.3, 0.4) is 0 Å². The van der Waals surface area contributed by atoms with Crippen molar-refractivity contribution < 1.29 is 14.1 Å². The number of nitrogens with zero attached hydrogens (tertiary/aromatic N) is 1. The average molecular weight is 374 g/mol. The minimum absolute atomic E-state index is 0.146. The smallest absolute Gasteiger partial charge is 0.272 e. The van der Waals surface area contributed by atoms with E-state index in [4.69, 9.17) is 11.6 Å². The van der Waals surface area contributed by atoms with E-state index in [1.54, 1.807) is 0 Å². The molecular weight excluding hydrogens is 367 g/mol. The van der Waals surface area contributed by atoms with E-state index in [0.29, 0.717) is 9.50 Å². The van der Waals surface area contributed by atoms with Gasteiger partial charge in [-0.3, -0.25) is 14.9 Å². The SMILES string of the molecule is O=C(Nc1ccc([N+](=O)[O-])cc1F)c1ccc(Cl)cc1Br. The largest absolute Gasteiger partial charge is 0.319 e. The second-order valence-electron chi connectivity index (χ2n) is 4.00. The number of nitrogens with one attached hydrogen (secondary N) is 1. The number of non-ortho nitro benzene ring substituents is 1. The lowest BCUT2D eigenvalue weighted by Crippen LogP contribution is -2.13. The summed E-state index contributed by atoms with van der Waals surface area (Å²) in [5.74, 6) is -1.45. The van der Waals surface area contributed by atoms with Crippen molar-refractivity contribution in [3.63, 3.8) is 0 Å². The summed E-state index contributed by atoms with van der Waals surface area (Å²) in [4.78, 5) is 21.8. The van der Waals surface area contributed by atoms with Gasteiger partial charge in [-0.15, -0.1) is 0 Å². The molecule has 0 fully saturated rings. The van der Waals surface area contributed by atoms with Gasteiger partial charge in [-0.05, 0) is 40.2 Å². The quantitative estimate of drug-likeness (QED) is 0.640. The number of hydrogen-bond donors (Lipinski definition) is 1. The predicted molar refractivity (Wildman–Crippen MR) is 80.2 cm³/mol. The number of benzene rings is 2. The van der Waals surface area contributed by atoms with E-state index in [9.17, 15) is 19.3 Å². The number of halogens is 3. The Kier molecular flexibility index (Phi) is 4.54. The average Bonchev–Trinajstić information content (AvgIpc) is 2.40. The molecule has 21 heavy (non-hydrogen) atoms. The fraction of sp³-hybridized carbons (Fsp3) is 0. The summed E-state index contributed by atoms with van der Waals surface area (Å²) in [6.45, 7) is 0. The van der Waals surface area contributed by atoms with E-state index < -0.39 is 22.3 Å². The van der Waals surface area contributed by atoms with Gasteiger partial charge in [0.2, 0.25) is 0 Å². The van der Waals surface area contributed by atoms with Crippen molar-refractivity contribution in [1.29, 1.82) is 0 Å². The highest BCUT2D eigenvalue weighted by Gasteiger charge is 2.15. The van der Waals surface area contributed by atoms with Crippen LogP contribution in [0.15, 0.2) is 40.9 Å². The van der Waals surface area contributed by atoms with Gasteiger partial charge in [0.15, 0.2) is 5.82 Å². The highest BCUT2D eigenvalue weighted by molar-refractivity contribution is 9.10. The van der Waals surface area contributed by atoms with Crippen LogP contribution in [0.4, 0.5) is 15.8 Å². The number of nitro groups is 1. The molecular formula is C13H7BrClFN2O3. The Morgan fingerprint density at radius 3 is 2.57 bits per heavy atom. The lowest BCUT2D eigenvalue weighted by Gasteiger charge is -2.08. The van der Waals surface area contributed by atoms with Gasteiger partial charge in [0.25, 0.3) is 11.6 Å². The minimum Gasteiger partial charge on any atom is -0.319 e. The van der Waals surface area contributed by atoms with Gasteiger partial charge in [0.05, 0.1) is 22.2 Å². The number of carbonyl (C=O) groups excluding carboxylic acids is 1. The molecule has 108 valence electrons. The van der Waals surface area contributed by atoms with Gasteiger partial charge < -0.3 is 5.32 Å². The van der Waals surface area contributed by atoms with Crippen molar-refractivity contribution in [2.75, 3.05) is 5.32 Å². The zero-order valence-electron chi connectivity index (χ0n) is 10.3. The third-order valence-corrected chi connectivity index (χ3v) is 3.48. The number of anilines is 1. The van der Waals surface area contributed by atoms with Crippen molar-refractivity contribution in [3.8, 4) is 0 Å². The molecule has 0 heterocycles. The first-order valence-corrected chi connectivity index (χ1v) is 6.76. The Hall–Kier alpha value is -1.99. The molecule has 2 aromatic carbocycles. The topological polar surface area (TPSA) is 72.2 Å². The van der Waals surface area contributed by atoms with Crippen molar-refractivity contribution in [3.05, 3.63) is 67.4 Å². The van der Waals surface area contributed by atoms with Gasteiger partial charge in [-0.1, -0.05) is 11.6 Å². The van der Waals surface area contributed by atoms with Crippen molar-refractivity contribution in [2.45, 2.75) is 0 Å². The monoisotopic (exact) mass is 372 g/mol. The lowest BCUT2D eigenvalue weighted by atomic mass is 10.2. The number of hydrogen-bond acceptors (Lipinski definition) is 3. The third-order valence-electron chi connectivity index (χ3n) is 2.59. The van der Waals surface area contributed by atoms with Crippen LogP contribution in [0, 0.1) is 15.9 Å². The molecule has 5 nitrogen and oxygen atoms in total. The summed E-state index contributed by atoms with van der Waals surface area (Å²) < 4.78 is 14.2. The highest BCUT2D eigenvalue weighted by atomic mass is 79.9. The summed E-state index contributed by atoms with van der Waals surface area (Å²) in [6.07, 6.45) is 0. The first kappa shape index (κ1) is 15.4. The van der Waals surface area contributed by atoms with Crippen LogP contribution < -0.4 is 5.32 Å². The second-order valence-corrected chi connectivity index (χ2v) is 5.29. The Morgan fingerprint density at radius 2 is 2.00 bits per heavy atom. The summed E-state index contributed by atoms with van der Waals surface area (Å²) in [5.41, 5.74) is -0.275. The number of carbonyl (C=O) groups is 1. The molecule has 2 rings (SSSR count). The van der Waals surface area contributed by atoms with E-state index in [0.717, 1.165) is 18.2 Å². The lowest BCUT2D eigenvalue weighted by molar-refractivity contribution is -0.385. The Labute approximate surface area is 132 Å². The van der Waals surface area contributed by atoms with Gasteiger partial charge >= 0.3 is 0 Å². The van der Waals surface area contributed by atoms with Crippen LogP contribution in [0.1, 0.15) is 10.4 Å². The number of nitro benzene ring substituents is 1. The maximum absolute atomic E-state index is 13.7. The normalized spacial score (nSPS) is 10.2. The molecule has 1 amide bonds. The Balaban J connectivity index is 2.25. The predicted octanol–water partition coefficient (Wildman–Crippen LogP) is 4.40. The van der Waals surface area contributed by atoms with E-state index in [1.165, 1.54) is 18.2 Å². The van der Waals surface area contributed by atoms with Crippen LogP contribution in [-0.2, 0) is 0 Å². The van der Waals surface area contributed by atoms with Crippen LogP contribution >= 0.6 is 27.5 Å². The number of rotatable bonds is 3. The van der Waals surface area contributed by atoms with E-state index in [-0.39, 0.29) is 11.3 Å². The van der Waals surface area contributed by atoms with E-state index in [2.05, 4.69) is 21.2 Å². The maximum atomic E-state index is 13.7. The standard InChI is InChI=1S/C13H7BrClFN2O3/c14-10-5-7(15)1-3-9(10)13(19)17-12-4-2-8(18(20)21)6-11(12)16/h1-6H,(H,17,19). The number of amides is 1. The zero-order valence-corrected chi connectivity index (χ0v) is 12.6. The summed E-state index contributed by atoms with van der Waals surface area (Å²) in [5, 5.41) is 13.3. The third kappa shape index (κ3) is 3.56. The first-order chi connectivity index (χ1) is 9.88. The molecule has 0 saturated heterocycles. The van der Waals surface area contributed by atoms with Gasteiger partial charge in [-0.2, -0.15) is 0 Å². The summed E-state index contributed by atoms with van der Waals surface area (Å²) >= 11 is 8.95. The molecule has 0 radical (unpaired) electrons. The van der Waals surface area contributed by atoms with Crippen molar-refractivity contribution in [2.24, 2.45) is 0 Å². The Morgan fingerprint density at radius 1 is 1.29 bits per heavy atom. The van der Waals surface area contributed by atoms with Crippen LogP contribution in [0.5, 0.6) is 0 Å². The molecule has 1 N–H and O–H groups in total. The molecule has 0 saturated carbocycles. The fourth-order valence-electron chi connectivity index (χ4n) is 1.58. The molecule has 2 aromatic rings. The molecule has 0 aliphatic rings. The van der Waals surface area contributed by atoms with Crippen LogP contribution in [0.2, 0.25) is 5.02 Å². The first-order valence-electron chi connectivity index (χ1n) is 5.59.